The van der Waals surface area contributed by atoms with Crippen molar-refractivity contribution < 1.29 is 9.21 Å². The van der Waals surface area contributed by atoms with Crippen molar-refractivity contribution in [2.75, 3.05) is 0 Å². The lowest BCUT2D eigenvalue weighted by atomic mass is 10.1. The smallest absolute Gasteiger partial charge is 0.277 e. The van der Waals surface area contributed by atoms with Gasteiger partial charge in [0.05, 0.1) is 5.25 Å². The van der Waals surface area contributed by atoms with Gasteiger partial charge in [-0.15, -0.1) is 10.2 Å². The van der Waals surface area contributed by atoms with E-state index in [-0.39, 0.29) is 11.2 Å². The van der Waals surface area contributed by atoms with Crippen molar-refractivity contribution in [3.63, 3.8) is 0 Å². The molecule has 32 heavy (non-hydrogen) atoms. The summed E-state index contributed by atoms with van der Waals surface area (Å²) in [6.07, 6.45) is 0. The summed E-state index contributed by atoms with van der Waals surface area (Å²) in [4.78, 5) is 15.3. The van der Waals surface area contributed by atoms with Gasteiger partial charge in [-0.1, -0.05) is 90.1 Å². The summed E-state index contributed by atoms with van der Waals surface area (Å²) in [6, 6.07) is 28.0. The molecule has 162 valence electrons. The van der Waals surface area contributed by atoms with Gasteiger partial charge in [-0.2, -0.15) is 0 Å². The lowest BCUT2D eigenvalue weighted by molar-refractivity contribution is -0.131. The van der Waals surface area contributed by atoms with Crippen molar-refractivity contribution in [2.45, 2.75) is 37.4 Å². The van der Waals surface area contributed by atoms with Crippen LogP contribution in [0.5, 0.6) is 0 Å². The van der Waals surface area contributed by atoms with Crippen LogP contribution in [-0.2, 0) is 17.9 Å². The van der Waals surface area contributed by atoms with Gasteiger partial charge >= 0.3 is 0 Å². The number of carbonyl (C=O) groups excluding carboxylic acids is 1. The Morgan fingerprint density at radius 3 is 2.00 bits per heavy atom. The number of hydrogen-bond acceptors (Lipinski definition) is 5. The minimum absolute atomic E-state index is 0.0257. The number of thioether (sulfide) groups is 1. The van der Waals surface area contributed by atoms with Crippen LogP contribution in [0.2, 0.25) is 0 Å². The number of rotatable bonds is 8. The highest BCUT2D eigenvalue weighted by atomic mass is 32.2. The molecule has 5 nitrogen and oxygen atoms in total. The number of nitrogens with zero attached hydrogens (tertiary/aromatic N) is 3. The fraction of sp³-hybridized carbons (Fsp3) is 0.192. The second kappa shape index (κ2) is 10.3. The topological polar surface area (TPSA) is 59.2 Å². The van der Waals surface area contributed by atoms with Crippen LogP contribution >= 0.6 is 11.8 Å². The van der Waals surface area contributed by atoms with Crippen LogP contribution in [-0.4, -0.2) is 26.3 Å². The minimum Gasteiger partial charge on any atom is -0.411 e. The van der Waals surface area contributed by atoms with Gasteiger partial charge in [0.15, 0.2) is 0 Å². The SMILES string of the molecule is Cc1ccc(-c2nnc(SC(C)C(=O)N(Cc3ccccc3)Cc3ccccc3)o2)cc1. The number of benzene rings is 3. The average molecular weight is 444 g/mol. The number of carbonyl (C=O) groups is 1. The normalized spacial score (nSPS) is 11.8. The van der Waals surface area contributed by atoms with E-state index in [0.717, 1.165) is 16.7 Å². The Labute approximate surface area is 192 Å². The minimum atomic E-state index is -0.367. The van der Waals surface area contributed by atoms with E-state index in [2.05, 4.69) is 10.2 Å². The number of aromatic nitrogens is 2. The van der Waals surface area contributed by atoms with Crippen molar-refractivity contribution in [2.24, 2.45) is 0 Å². The highest BCUT2D eigenvalue weighted by molar-refractivity contribution is 8.00. The zero-order chi connectivity index (χ0) is 22.3. The molecule has 0 saturated heterocycles. The van der Waals surface area contributed by atoms with Gasteiger partial charge < -0.3 is 9.32 Å². The van der Waals surface area contributed by atoms with E-state index in [1.165, 1.54) is 17.3 Å². The predicted octanol–water partition coefficient (Wildman–Crippen LogP) is 5.75. The second-order valence-corrected chi connectivity index (χ2v) is 8.96. The molecule has 0 aliphatic heterocycles. The Kier molecular flexibility index (Phi) is 7.02. The van der Waals surface area contributed by atoms with Crippen LogP contribution in [0.3, 0.4) is 0 Å². The van der Waals surface area contributed by atoms with E-state index in [1.807, 2.05) is 104 Å². The molecule has 0 radical (unpaired) electrons. The van der Waals surface area contributed by atoms with Crippen LogP contribution in [0, 0.1) is 6.92 Å². The Hall–Kier alpha value is -3.38. The molecule has 0 fully saturated rings. The van der Waals surface area contributed by atoms with Crippen LogP contribution in [0.4, 0.5) is 0 Å². The lowest BCUT2D eigenvalue weighted by Crippen LogP contribution is -2.35. The van der Waals surface area contributed by atoms with Crippen molar-refractivity contribution in [1.82, 2.24) is 15.1 Å². The van der Waals surface area contributed by atoms with Crippen LogP contribution in [0.15, 0.2) is 94.6 Å². The first-order valence-electron chi connectivity index (χ1n) is 10.5. The maximum atomic E-state index is 13.4. The van der Waals surface area contributed by atoms with E-state index < -0.39 is 0 Å². The first-order chi connectivity index (χ1) is 15.6. The van der Waals surface area contributed by atoms with E-state index in [1.54, 1.807) is 0 Å². The van der Waals surface area contributed by atoms with E-state index in [4.69, 9.17) is 4.42 Å². The molecule has 0 saturated carbocycles. The number of aryl methyl sites for hydroxylation is 1. The average Bonchev–Trinajstić information content (AvgIpc) is 3.28. The van der Waals surface area contributed by atoms with Gasteiger partial charge in [0.1, 0.15) is 0 Å². The highest BCUT2D eigenvalue weighted by Gasteiger charge is 2.24. The quantitative estimate of drug-likeness (QED) is 0.324. The van der Waals surface area contributed by atoms with Gasteiger partial charge in [0.2, 0.25) is 11.8 Å². The van der Waals surface area contributed by atoms with Gasteiger partial charge in [-0.25, -0.2) is 0 Å². The van der Waals surface area contributed by atoms with Crippen LogP contribution in [0.25, 0.3) is 11.5 Å². The van der Waals surface area contributed by atoms with Crippen LogP contribution < -0.4 is 0 Å². The fourth-order valence-corrected chi connectivity index (χ4v) is 4.12. The number of hydrogen-bond donors (Lipinski definition) is 0. The van der Waals surface area contributed by atoms with Crippen molar-refractivity contribution in [3.05, 3.63) is 102 Å². The summed E-state index contributed by atoms with van der Waals surface area (Å²) in [5.74, 6) is 0.482. The maximum Gasteiger partial charge on any atom is 0.277 e. The molecule has 0 aliphatic carbocycles. The zero-order valence-corrected chi connectivity index (χ0v) is 19.0. The molecule has 0 aliphatic rings. The Morgan fingerprint density at radius 2 is 1.44 bits per heavy atom. The highest BCUT2D eigenvalue weighted by Crippen LogP contribution is 2.28. The third kappa shape index (κ3) is 5.65. The molecule has 1 amide bonds. The Morgan fingerprint density at radius 1 is 0.875 bits per heavy atom. The monoisotopic (exact) mass is 443 g/mol. The second-order valence-electron chi connectivity index (χ2n) is 7.66. The molecule has 1 unspecified atom stereocenters. The van der Waals surface area contributed by atoms with Gasteiger partial charge in [-0.3, -0.25) is 4.79 Å². The summed E-state index contributed by atoms with van der Waals surface area (Å²) in [6.45, 7) is 4.99. The largest absolute Gasteiger partial charge is 0.411 e. The lowest BCUT2D eigenvalue weighted by Gasteiger charge is -2.25. The molecular weight excluding hydrogens is 418 g/mol. The van der Waals surface area contributed by atoms with Gasteiger partial charge in [-0.05, 0) is 37.1 Å². The summed E-state index contributed by atoms with van der Waals surface area (Å²) in [7, 11) is 0. The molecule has 3 aromatic carbocycles. The summed E-state index contributed by atoms with van der Waals surface area (Å²) in [5.41, 5.74) is 4.21. The van der Waals surface area contributed by atoms with Gasteiger partial charge in [0.25, 0.3) is 5.22 Å². The summed E-state index contributed by atoms with van der Waals surface area (Å²) < 4.78 is 5.82. The van der Waals surface area contributed by atoms with E-state index in [9.17, 15) is 4.79 Å². The predicted molar refractivity (Wildman–Crippen MR) is 127 cm³/mol. The van der Waals surface area contributed by atoms with Gasteiger partial charge in [0, 0.05) is 18.7 Å². The van der Waals surface area contributed by atoms with Crippen molar-refractivity contribution in [3.8, 4) is 11.5 Å². The molecule has 1 aromatic heterocycles. The number of amides is 1. The first kappa shape index (κ1) is 21.8. The molecule has 1 heterocycles. The molecule has 4 rings (SSSR count). The fourth-order valence-electron chi connectivity index (χ4n) is 3.35. The summed E-state index contributed by atoms with van der Waals surface area (Å²) >= 11 is 1.29. The van der Waals surface area contributed by atoms with Crippen LogP contribution in [0.1, 0.15) is 23.6 Å². The molecule has 4 aromatic rings. The van der Waals surface area contributed by atoms with E-state index in [0.29, 0.717) is 24.2 Å². The third-order valence-corrected chi connectivity index (χ3v) is 6.00. The Balaban J connectivity index is 1.48. The molecule has 1 atom stereocenters. The molecule has 0 bridgehead atoms. The Bertz CT molecular complexity index is 1100. The maximum absolute atomic E-state index is 13.4. The standard InChI is InChI=1S/C26H25N3O2S/c1-19-13-15-23(16-14-19)24-27-28-26(31-24)32-20(2)25(30)29(17-21-9-5-3-6-10-21)18-22-11-7-4-8-12-22/h3-16,20H,17-18H2,1-2H3. The first-order valence-corrected chi connectivity index (χ1v) is 11.4. The van der Waals surface area contributed by atoms with Crippen molar-refractivity contribution in [1.29, 1.82) is 0 Å². The zero-order valence-electron chi connectivity index (χ0n) is 18.1. The molecular formula is C26H25N3O2S. The molecule has 0 N–H and O–H groups in total. The van der Waals surface area contributed by atoms with E-state index >= 15 is 0 Å². The molecule has 0 spiro atoms. The summed E-state index contributed by atoms with van der Waals surface area (Å²) in [5, 5.41) is 8.31. The molecule has 6 heteroatoms. The third-order valence-electron chi connectivity index (χ3n) is 5.07. The van der Waals surface area contributed by atoms with Crippen molar-refractivity contribution >= 4 is 17.7 Å².